The van der Waals surface area contributed by atoms with Crippen LogP contribution in [0, 0.1) is 0 Å². The van der Waals surface area contributed by atoms with Crippen LogP contribution in [0.4, 0.5) is 10.5 Å². The molecule has 1 heterocycles. The van der Waals surface area contributed by atoms with Gasteiger partial charge in [-0.25, -0.2) is 4.79 Å². The molecule has 3 rings (SSSR count). The highest BCUT2D eigenvalue weighted by atomic mass is 16.4. The SMILES string of the molecule is CN(C)CCCn1c2c(c3cccc(NC(=O)O)c31)CCCCCC2. The molecular weight excluding hydrogens is 314 g/mol. The molecule has 1 aliphatic rings. The van der Waals surface area contributed by atoms with E-state index >= 15 is 0 Å². The number of nitrogens with zero attached hydrogens (tertiary/aromatic N) is 2. The minimum absolute atomic E-state index is 0.710. The summed E-state index contributed by atoms with van der Waals surface area (Å²) in [4.78, 5) is 13.5. The number of hydrogen-bond acceptors (Lipinski definition) is 2. The van der Waals surface area contributed by atoms with Crippen molar-refractivity contribution in [2.75, 3.05) is 26.0 Å². The van der Waals surface area contributed by atoms with Gasteiger partial charge in [0.15, 0.2) is 0 Å². The Balaban J connectivity index is 2.10. The summed E-state index contributed by atoms with van der Waals surface area (Å²) in [6.07, 6.45) is 7.28. The van der Waals surface area contributed by atoms with Crippen LogP contribution >= 0.6 is 0 Å². The van der Waals surface area contributed by atoms with Gasteiger partial charge >= 0.3 is 6.09 Å². The van der Waals surface area contributed by atoms with Gasteiger partial charge in [0.25, 0.3) is 0 Å². The maximum Gasteiger partial charge on any atom is 0.409 e. The van der Waals surface area contributed by atoms with E-state index in [0.29, 0.717) is 5.69 Å². The summed E-state index contributed by atoms with van der Waals surface area (Å²) < 4.78 is 2.39. The van der Waals surface area contributed by atoms with Gasteiger partial charge in [0.2, 0.25) is 0 Å². The first-order valence-corrected chi connectivity index (χ1v) is 9.35. The summed E-state index contributed by atoms with van der Waals surface area (Å²) in [7, 11) is 4.19. The summed E-state index contributed by atoms with van der Waals surface area (Å²) in [5.41, 5.74) is 4.64. The first-order valence-electron chi connectivity index (χ1n) is 9.35. The predicted octanol–water partition coefficient (Wildman–Crippen LogP) is 4.34. The number of hydrogen-bond donors (Lipinski definition) is 2. The van der Waals surface area contributed by atoms with Gasteiger partial charge in [0.05, 0.1) is 11.2 Å². The number of carbonyl (C=O) groups is 1. The highest BCUT2D eigenvalue weighted by Gasteiger charge is 2.20. The van der Waals surface area contributed by atoms with E-state index in [1.807, 2.05) is 12.1 Å². The van der Waals surface area contributed by atoms with Gasteiger partial charge in [-0.2, -0.15) is 0 Å². The maximum absolute atomic E-state index is 11.3. The number of para-hydroxylation sites is 1. The number of anilines is 1. The number of benzene rings is 1. The van der Waals surface area contributed by atoms with E-state index in [1.165, 1.54) is 42.3 Å². The Hall–Kier alpha value is -2.01. The molecule has 5 nitrogen and oxygen atoms in total. The molecule has 1 aliphatic carbocycles. The van der Waals surface area contributed by atoms with Gasteiger partial charge in [-0.3, -0.25) is 5.32 Å². The average molecular weight is 343 g/mol. The summed E-state index contributed by atoms with van der Waals surface area (Å²) in [6.45, 7) is 1.96. The summed E-state index contributed by atoms with van der Waals surface area (Å²) in [6, 6.07) is 6.01. The topological polar surface area (TPSA) is 57.5 Å². The second-order valence-corrected chi connectivity index (χ2v) is 7.28. The molecule has 0 bridgehead atoms. The van der Waals surface area contributed by atoms with Crippen molar-refractivity contribution < 1.29 is 9.90 Å². The number of aromatic nitrogens is 1. The van der Waals surface area contributed by atoms with E-state index in [2.05, 4.69) is 34.9 Å². The van der Waals surface area contributed by atoms with Crippen LogP contribution in [0.15, 0.2) is 18.2 Å². The van der Waals surface area contributed by atoms with Crippen molar-refractivity contribution in [1.82, 2.24) is 9.47 Å². The average Bonchev–Trinajstić information content (AvgIpc) is 2.79. The van der Waals surface area contributed by atoms with E-state index in [0.717, 1.165) is 37.9 Å². The number of amides is 1. The van der Waals surface area contributed by atoms with Gasteiger partial charge < -0.3 is 14.6 Å². The lowest BCUT2D eigenvalue weighted by Gasteiger charge is -2.17. The normalized spacial score (nSPS) is 15.0. The monoisotopic (exact) mass is 343 g/mol. The number of rotatable bonds is 5. The molecule has 0 unspecified atom stereocenters. The van der Waals surface area contributed by atoms with E-state index in [1.54, 1.807) is 0 Å². The van der Waals surface area contributed by atoms with Gasteiger partial charge in [-0.1, -0.05) is 25.0 Å². The zero-order chi connectivity index (χ0) is 17.8. The fourth-order valence-electron chi connectivity index (χ4n) is 4.05. The molecule has 2 aromatic rings. The lowest BCUT2D eigenvalue weighted by molar-refractivity contribution is 0.210. The Morgan fingerprint density at radius 1 is 1.20 bits per heavy atom. The third-order valence-corrected chi connectivity index (χ3v) is 5.12. The summed E-state index contributed by atoms with van der Waals surface area (Å²) in [5, 5.41) is 13.1. The molecule has 0 fully saturated rings. The largest absolute Gasteiger partial charge is 0.465 e. The van der Waals surface area contributed by atoms with E-state index in [4.69, 9.17) is 0 Å². The fourth-order valence-corrected chi connectivity index (χ4v) is 4.05. The van der Waals surface area contributed by atoms with Crippen LogP contribution in [-0.4, -0.2) is 41.3 Å². The second-order valence-electron chi connectivity index (χ2n) is 7.28. The molecule has 0 radical (unpaired) electrons. The first kappa shape index (κ1) is 17.8. The standard InChI is InChI=1S/C20H29N3O2/c1-22(2)13-8-14-23-18-12-6-4-3-5-9-15(18)16-10-7-11-17(19(16)23)21-20(24)25/h7,10-11,21H,3-6,8-9,12-14H2,1-2H3,(H,24,25). The minimum Gasteiger partial charge on any atom is -0.465 e. The van der Waals surface area contributed by atoms with Crippen molar-refractivity contribution in [2.45, 2.75) is 51.5 Å². The number of carboxylic acid groups (broad SMARTS) is 1. The van der Waals surface area contributed by atoms with E-state index in [9.17, 15) is 9.90 Å². The quantitative estimate of drug-likeness (QED) is 0.849. The second kappa shape index (κ2) is 7.91. The molecule has 0 saturated carbocycles. The van der Waals surface area contributed by atoms with Gasteiger partial charge in [0, 0.05) is 17.6 Å². The summed E-state index contributed by atoms with van der Waals surface area (Å²) >= 11 is 0. The Kier molecular flexibility index (Phi) is 5.63. The lowest BCUT2D eigenvalue weighted by atomic mass is 9.96. The third-order valence-electron chi connectivity index (χ3n) is 5.12. The number of aryl methyl sites for hydroxylation is 2. The molecule has 2 N–H and O–H groups in total. The Bertz CT molecular complexity index is 749. The van der Waals surface area contributed by atoms with Crippen LogP contribution in [0.25, 0.3) is 10.9 Å². The van der Waals surface area contributed by atoms with E-state index < -0.39 is 6.09 Å². The van der Waals surface area contributed by atoms with Crippen LogP contribution in [0.1, 0.15) is 43.4 Å². The molecule has 0 atom stereocenters. The highest BCUT2D eigenvalue weighted by molar-refractivity contribution is 6.00. The van der Waals surface area contributed by atoms with Crippen LogP contribution in [0.3, 0.4) is 0 Å². The van der Waals surface area contributed by atoms with Crippen LogP contribution in [0.5, 0.6) is 0 Å². The number of fused-ring (bicyclic) bond motifs is 3. The van der Waals surface area contributed by atoms with Crippen molar-refractivity contribution in [3.63, 3.8) is 0 Å². The van der Waals surface area contributed by atoms with Crippen molar-refractivity contribution in [3.05, 3.63) is 29.5 Å². The fraction of sp³-hybridized carbons (Fsp3) is 0.550. The Morgan fingerprint density at radius 2 is 1.96 bits per heavy atom. The lowest BCUT2D eigenvalue weighted by Crippen LogP contribution is -2.16. The highest BCUT2D eigenvalue weighted by Crippen LogP contribution is 2.35. The minimum atomic E-state index is -0.999. The van der Waals surface area contributed by atoms with Gasteiger partial charge in [-0.05, 0) is 64.4 Å². The van der Waals surface area contributed by atoms with Crippen LogP contribution < -0.4 is 5.32 Å². The smallest absolute Gasteiger partial charge is 0.409 e. The predicted molar refractivity (Wildman–Crippen MR) is 103 cm³/mol. The van der Waals surface area contributed by atoms with Crippen molar-refractivity contribution in [1.29, 1.82) is 0 Å². The zero-order valence-electron chi connectivity index (χ0n) is 15.3. The third kappa shape index (κ3) is 3.98. The van der Waals surface area contributed by atoms with Crippen LogP contribution in [0.2, 0.25) is 0 Å². The zero-order valence-corrected chi connectivity index (χ0v) is 15.3. The molecular formula is C20H29N3O2. The summed E-state index contributed by atoms with van der Waals surface area (Å²) in [5.74, 6) is 0. The molecule has 25 heavy (non-hydrogen) atoms. The van der Waals surface area contributed by atoms with Gasteiger partial charge in [-0.15, -0.1) is 0 Å². The van der Waals surface area contributed by atoms with Crippen molar-refractivity contribution in [3.8, 4) is 0 Å². The van der Waals surface area contributed by atoms with Crippen LogP contribution in [-0.2, 0) is 19.4 Å². The first-order chi connectivity index (χ1) is 12.1. The molecule has 0 spiro atoms. The molecule has 1 aromatic carbocycles. The molecule has 1 amide bonds. The van der Waals surface area contributed by atoms with Gasteiger partial charge in [0.1, 0.15) is 0 Å². The molecule has 5 heteroatoms. The molecule has 0 aliphatic heterocycles. The maximum atomic E-state index is 11.3. The molecule has 1 aromatic heterocycles. The van der Waals surface area contributed by atoms with E-state index in [-0.39, 0.29) is 0 Å². The number of nitrogens with one attached hydrogen (secondary N) is 1. The van der Waals surface area contributed by atoms with Crippen molar-refractivity contribution in [2.24, 2.45) is 0 Å². The van der Waals surface area contributed by atoms with Crippen molar-refractivity contribution >= 4 is 22.7 Å². The molecule has 136 valence electrons. The Labute approximate surface area is 149 Å². The molecule has 0 saturated heterocycles. The Morgan fingerprint density at radius 3 is 2.68 bits per heavy atom.